The van der Waals surface area contributed by atoms with E-state index in [1.54, 1.807) is 18.2 Å². The second-order valence-electron chi connectivity index (χ2n) is 5.17. The van der Waals surface area contributed by atoms with Crippen LogP contribution in [0.1, 0.15) is 16.9 Å². The first-order valence-corrected chi connectivity index (χ1v) is 7.63. The summed E-state index contributed by atoms with van der Waals surface area (Å²) in [5, 5.41) is 8.58. The first-order valence-electron chi connectivity index (χ1n) is 7.25. The van der Waals surface area contributed by atoms with Gasteiger partial charge in [-0.1, -0.05) is 23.7 Å². The number of methoxy groups -OCH3 is 1. The van der Waals surface area contributed by atoms with Crippen molar-refractivity contribution < 1.29 is 14.3 Å². The highest BCUT2D eigenvalue weighted by atomic mass is 35.5. The van der Waals surface area contributed by atoms with E-state index in [4.69, 9.17) is 16.3 Å². The van der Waals surface area contributed by atoms with Gasteiger partial charge in [0, 0.05) is 13.0 Å². The molecule has 23 heavy (non-hydrogen) atoms. The van der Waals surface area contributed by atoms with Gasteiger partial charge in [0.2, 0.25) is 0 Å². The van der Waals surface area contributed by atoms with E-state index in [0.29, 0.717) is 23.1 Å². The SMILES string of the molecule is COC(=O)c1ccc(N2CC[C@@H](Oc3ccccc3Cl)C2)nn1. The Kier molecular flexibility index (Phi) is 4.62. The molecule has 6 nitrogen and oxygen atoms in total. The highest BCUT2D eigenvalue weighted by Gasteiger charge is 2.26. The normalized spacial score (nSPS) is 17.1. The van der Waals surface area contributed by atoms with Gasteiger partial charge in [-0.3, -0.25) is 0 Å². The summed E-state index contributed by atoms with van der Waals surface area (Å²) in [5.74, 6) is 0.904. The number of aromatic nitrogens is 2. The van der Waals surface area contributed by atoms with E-state index in [2.05, 4.69) is 19.8 Å². The van der Waals surface area contributed by atoms with Crippen molar-refractivity contribution >= 4 is 23.4 Å². The number of carbonyl (C=O) groups excluding carboxylic acids is 1. The standard InChI is InChI=1S/C16H16ClN3O3/c1-22-16(21)13-6-7-15(19-18-13)20-9-8-11(10-20)23-14-5-3-2-4-12(14)17/h2-7,11H,8-10H2,1H3/t11-/m1/s1. The lowest BCUT2D eigenvalue weighted by Crippen LogP contribution is -2.25. The van der Waals surface area contributed by atoms with Crippen LogP contribution >= 0.6 is 11.6 Å². The van der Waals surface area contributed by atoms with Crippen LogP contribution in [0.2, 0.25) is 5.02 Å². The van der Waals surface area contributed by atoms with E-state index >= 15 is 0 Å². The molecule has 1 aromatic carbocycles. The second-order valence-corrected chi connectivity index (χ2v) is 5.58. The van der Waals surface area contributed by atoms with Gasteiger partial charge in [0.25, 0.3) is 0 Å². The zero-order chi connectivity index (χ0) is 16.2. The molecule has 0 N–H and O–H groups in total. The Labute approximate surface area is 139 Å². The van der Waals surface area contributed by atoms with Gasteiger partial charge in [-0.2, -0.15) is 0 Å². The number of rotatable bonds is 4. The number of benzene rings is 1. The zero-order valence-corrected chi connectivity index (χ0v) is 13.4. The molecule has 1 fully saturated rings. The van der Waals surface area contributed by atoms with E-state index in [9.17, 15) is 4.79 Å². The van der Waals surface area contributed by atoms with Crippen LogP contribution in [0.5, 0.6) is 5.75 Å². The molecule has 3 rings (SSSR count). The van der Waals surface area contributed by atoms with Crippen LogP contribution in [0.4, 0.5) is 5.82 Å². The van der Waals surface area contributed by atoms with Crippen LogP contribution < -0.4 is 9.64 Å². The Balaban J connectivity index is 1.63. The fourth-order valence-corrected chi connectivity index (χ4v) is 2.64. The number of hydrogen-bond donors (Lipinski definition) is 0. The van der Waals surface area contributed by atoms with Crippen molar-refractivity contribution in [1.29, 1.82) is 0 Å². The minimum absolute atomic E-state index is 0.0389. The zero-order valence-electron chi connectivity index (χ0n) is 12.6. The average Bonchev–Trinajstić information content (AvgIpc) is 3.05. The molecule has 0 saturated carbocycles. The summed E-state index contributed by atoms with van der Waals surface area (Å²) in [6, 6.07) is 10.8. The predicted molar refractivity (Wildman–Crippen MR) is 86.1 cm³/mol. The molecular formula is C16H16ClN3O3. The summed E-state index contributed by atoms with van der Waals surface area (Å²) in [6.07, 6.45) is 0.906. The van der Waals surface area contributed by atoms with Gasteiger partial charge in [-0.25, -0.2) is 4.79 Å². The van der Waals surface area contributed by atoms with Gasteiger partial charge in [-0.15, -0.1) is 10.2 Å². The maximum atomic E-state index is 11.4. The van der Waals surface area contributed by atoms with Crippen molar-refractivity contribution in [3.63, 3.8) is 0 Å². The molecule has 1 aliphatic heterocycles. The lowest BCUT2D eigenvalue weighted by Gasteiger charge is -2.18. The average molecular weight is 334 g/mol. The van der Waals surface area contributed by atoms with Crippen LogP contribution in [0, 0.1) is 0 Å². The second kappa shape index (κ2) is 6.83. The van der Waals surface area contributed by atoms with E-state index in [1.807, 2.05) is 18.2 Å². The molecule has 1 aromatic heterocycles. The number of esters is 1. The smallest absolute Gasteiger partial charge is 0.358 e. The molecule has 0 radical (unpaired) electrons. The van der Waals surface area contributed by atoms with Crippen molar-refractivity contribution in [2.24, 2.45) is 0 Å². The molecule has 1 atom stereocenters. The van der Waals surface area contributed by atoms with Crippen molar-refractivity contribution in [3.05, 3.63) is 47.1 Å². The summed E-state index contributed by atoms with van der Waals surface area (Å²) in [5.41, 5.74) is 0.194. The molecule has 0 unspecified atom stereocenters. The highest BCUT2D eigenvalue weighted by Crippen LogP contribution is 2.27. The maximum Gasteiger partial charge on any atom is 0.358 e. The van der Waals surface area contributed by atoms with Crippen molar-refractivity contribution in [3.8, 4) is 5.75 Å². The van der Waals surface area contributed by atoms with Gasteiger partial charge in [0.05, 0.1) is 18.7 Å². The first-order chi connectivity index (χ1) is 11.2. The topological polar surface area (TPSA) is 64.5 Å². The van der Waals surface area contributed by atoms with Crippen molar-refractivity contribution in [1.82, 2.24) is 10.2 Å². The Morgan fingerprint density at radius 1 is 1.26 bits per heavy atom. The van der Waals surface area contributed by atoms with E-state index in [1.165, 1.54) is 7.11 Å². The number of ether oxygens (including phenoxy) is 2. The summed E-state index contributed by atoms with van der Waals surface area (Å²) in [6.45, 7) is 1.50. The van der Waals surface area contributed by atoms with Crippen molar-refractivity contribution in [2.45, 2.75) is 12.5 Å². The molecule has 0 aliphatic carbocycles. The quantitative estimate of drug-likeness (QED) is 0.801. The van der Waals surface area contributed by atoms with Crippen LogP contribution in [0.15, 0.2) is 36.4 Å². The summed E-state index contributed by atoms with van der Waals surface area (Å²) in [4.78, 5) is 13.4. The summed E-state index contributed by atoms with van der Waals surface area (Å²) < 4.78 is 10.5. The molecular weight excluding hydrogens is 318 g/mol. The van der Waals surface area contributed by atoms with Gasteiger partial charge in [-0.05, 0) is 24.3 Å². The molecule has 2 heterocycles. The summed E-state index contributed by atoms with van der Waals surface area (Å²) in [7, 11) is 1.31. The minimum Gasteiger partial charge on any atom is -0.487 e. The fourth-order valence-electron chi connectivity index (χ4n) is 2.46. The number of hydrogen-bond acceptors (Lipinski definition) is 6. The molecule has 0 bridgehead atoms. The monoisotopic (exact) mass is 333 g/mol. The Bertz CT molecular complexity index is 693. The van der Waals surface area contributed by atoms with Crippen molar-refractivity contribution in [2.75, 3.05) is 25.1 Å². The molecule has 1 saturated heterocycles. The fraction of sp³-hybridized carbons (Fsp3) is 0.312. The Morgan fingerprint density at radius 3 is 2.78 bits per heavy atom. The lowest BCUT2D eigenvalue weighted by molar-refractivity contribution is 0.0592. The Hall–Kier alpha value is -2.34. The molecule has 0 spiro atoms. The number of carbonyl (C=O) groups is 1. The van der Waals surface area contributed by atoms with Crippen LogP contribution in [-0.4, -0.2) is 42.5 Å². The number of para-hydroxylation sites is 1. The van der Waals surface area contributed by atoms with Crippen LogP contribution in [-0.2, 0) is 4.74 Å². The number of anilines is 1. The third kappa shape index (κ3) is 3.53. The summed E-state index contributed by atoms with van der Waals surface area (Å²) >= 11 is 6.11. The maximum absolute atomic E-state index is 11.4. The van der Waals surface area contributed by atoms with E-state index in [-0.39, 0.29) is 11.8 Å². The lowest BCUT2D eigenvalue weighted by atomic mass is 10.3. The first kappa shape index (κ1) is 15.6. The molecule has 1 aliphatic rings. The third-order valence-corrected chi connectivity index (χ3v) is 3.96. The van der Waals surface area contributed by atoms with Crippen LogP contribution in [0.25, 0.3) is 0 Å². The molecule has 120 valence electrons. The van der Waals surface area contributed by atoms with E-state index < -0.39 is 5.97 Å². The Morgan fingerprint density at radius 2 is 2.09 bits per heavy atom. The highest BCUT2D eigenvalue weighted by molar-refractivity contribution is 6.32. The molecule has 7 heteroatoms. The van der Waals surface area contributed by atoms with E-state index in [0.717, 1.165) is 13.0 Å². The van der Waals surface area contributed by atoms with Gasteiger partial charge < -0.3 is 14.4 Å². The van der Waals surface area contributed by atoms with Crippen LogP contribution in [0.3, 0.4) is 0 Å². The molecule has 0 amide bonds. The molecule has 2 aromatic rings. The largest absolute Gasteiger partial charge is 0.487 e. The van der Waals surface area contributed by atoms with Gasteiger partial charge in [0.1, 0.15) is 11.9 Å². The number of nitrogens with zero attached hydrogens (tertiary/aromatic N) is 3. The van der Waals surface area contributed by atoms with Gasteiger partial charge >= 0.3 is 5.97 Å². The third-order valence-electron chi connectivity index (χ3n) is 3.64. The predicted octanol–water partition coefficient (Wildman–Crippen LogP) is 2.57. The van der Waals surface area contributed by atoms with Gasteiger partial charge in [0.15, 0.2) is 11.5 Å². The number of halogens is 1. The minimum atomic E-state index is -0.495.